The summed E-state index contributed by atoms with van der Waals surface area (Å²) >= 11 is 0. The van der Waals surface area contributed by atoms with Gasteiger partial charge in [-0.1, -0.05) is 18.9 Å². The van der Waals surface area contributed by atoms with E-state index in [4.69, 9.17) is 10.5 Å². The molecule has 1 aromatic rings. The second-order valence-corrected chi connectivity index (χ2v) is 6.88. The molecule has 2 saturated carbocycles. The van der Waals surface area contributed by atoms with Crippen LogP contribution in [0.2, 0.25) is 0 Å². The van der Waals surface area contributed by atoms with Gasteiger partial charge in [0, 0.05) is 17.5 Å². The molecule has 0 radical (unpaired) electrons. The minimum Gasteiger partial charge on any atom is -0.493 e. The normalized spacial score (nSPS) is 21.1. The lowest BCUT2D eigenvalue weighted by atomic mass is 9.64. The van der Waals surface area contributed by atoms with Crippen molar-refractivity contribution in [3.8, 4) is 5.75 Å². The van der Waals surface area contributed by atoms with Crippen LogP contribution in [-0.4, -0.2) is 13.2 Å². The van der Waals surface area contributed by atoms with Crippen LogP contribution in [0.3, 0.4) is 0 Å². The average Bonchev–Trinajstić information content (AvgIpc) is 2.32. The summed E-state index contributed by atoms with van der Waals surface area (Å²) in [6.07, 6.45) is 7.77. The van der Waals surface area contributed by atoms with E-state index in [2.05, 4.69) is 26.0 Å². The number of benzene rings is 1. The largest absolute Gasteiger partial charge is 0.493 e. The molecule has 2 aliphatic rings. The Balaban J connectivity index is 1.87. The van der Waals surface area contributed by atoms with Gasteiger partial charge in [0.25, 0.3) is 0 Å². The topological polar surface area (TPSA) is 35.2 Å². The second kappa shape index (κ2) is 5.40. The third-order valence-electron chi connectivity index (χ3n) is 5.57. The summed E-state index contributed by atoms with van der Waals surface area (Å²) in [6, 6.07) is 4.57. The average molecular weight is 273 g/mol. The molecule has 2 heteroatoms. The maximum atomic E-state index is 6.21. The van der Waals surface area contributed by atoms with Gasteiger partial charge >= 0.3 is 0 Å². The highest BCUT2D eigenvalue weighted by Crippen LogP contribution is 2.47. The Morgan fingerprint density at radius 2 is 1.85 bits per heavy atom. The fourth-order valence-electron chi connectivity index (χ4n) is 3.38. The molecule has 0 bridgehead atoms. The quantitative estimate of drug-likeness (QED) is 0.884. The summed E-state index contributed by atoms with van der Waals surface area (Å²) < 4.78 is 6.21. The maximum absolute atomic E-state index is 6.21. The summed E-state index contributed by atoms with van der Waals surface area (Å²) in [6.45, 7) is 5.99. The number of rotatable bonds is 5. The SMILES string of the molecule is Cc1cc(OCC2CCC2)c(C2(CN)CCC2)cc1C. The predicted octanol–water partition coefficient (Wildman–Crippen LogP) is 3.86. The molecule has 0 saturated heterocycles. The van der Waals surface area contributed by atoms with Crippen molar-refractivity contribution >= 4 is 0 Å². The fraction of sp³-hybridized carbons (Fsp3) is 0.667. The lowest BCUT2D eigenvalue weighted by Gasteiger charge is -2.42. The molecule has 0 heterocycles. The molecule has 0 spiro atoms. The zero-order valence-corrected chi connectivity index (χ0v) is 12.9. The van der Waals surface area contributed by atoms with Crippen molar-refractivity contribution in [1.29, 1.82) is 0 Å². The highest BCUT2D eigenvalue weighted by atomic mass is 16.5. The van der Waals surface area contributed by atoms with Crippen LogP contribution in [0.15, 0.2) is 12.1 Å². The standard InChI is InChI=1S/C18H27NO/c1-13-9-16(18(12-19)7-4-8-18)17(10-14(13)2)20-11-15-5-3-6-15/h9-10,15H,3-8,11-12,19H2,1-2H3. The highest BCUT2D eigenvalue weighted by molar-refractivity contribution is 5.47. The molecule has 2 aliphatic carbocycles. The fourth-order valence-corrected chi connectivity index (χ4v) is 3.38. The minimum absolute atomic E-state index is 0.188. The first-order valence-electron chi connectivity index (χ1n) is 8.09. The van der Waals surface area contributed by atoms with E-state index in [1.165, 1.54) is 55.2 Å². The zero-order chi connectivity index (χ0) is 14.2. The molecule has 2 N–H and O–H groups in total. The van der Waals surface area contributed by atoms with Crippen LogP contribution in [0.25, 0.3) is 0 Å². The van der Waals surface area contributed by atoms with Crippen molar-refractivity contribution in [3.05, 3.63) is 28.8 Å². The van der Waals surface area contributed by atoms with Crippen LogP contribution in [-0.2, 0) is 5.41 Å². The van der Waals surface area contributed by atoms with Gasteiger partial charge < -0.3 is 10.5 Å². The lowest BCUT2D eigenvalue weighted by Crippen LogP contribution is -2.42. The molecule has 0 amide bonds. The van der Waals surface area contributed by atoms with Crippen molar-refractivity contribution in [2.24, 2.45) is 11.7 Å². The third-order valence-corrected chi connectivity index (χ3v) is 5.57. The van der Waals surface area contributed by atoms with Gasteiger partial charge in [-0.3, -0.25) is 0 Å². The Hall–Kier alpha value is -1.02. The molecule has 20 heavy (non-hydrogen) atoms. The van der Waals surface area contributed by atoms with Crippen molar-refractivity contribution in [1.82, 2.24) is 0 Å². The van der Waals surface area contributed by atoms with E-state index in [-0.39, 0.29) is 5.41 Å². The van der Waals surface area contributed by atoms with Gasteiger partial charge in [-0.25, -0.2) is 0 Å². The van der Waals surface area contributed by atoms with Gasteiger partial charge in [0.1, 0.15) is 5.75 Å². The highest BCUT2D eigenvalue weighted by Gasteiger charge is 2.39. The predicted molar refractivity (Wildman–Crippen MR) is 83.3 cm³/mol. The summed E-state index contributed by atoms with van der Waals surface area (Å²) in [5, 5.41) is 0. The van der Waals surface area contributed by atoms with Crippen molar-refractivity contribution < 1.29 is 4.74 Å². The lowest BCUT2D eigenvalue weighted by molar-refractivity contribution is 0.171. The van der Waals surface area contributed by atoms with Crippen LogP contribution in [0.5, 0.6) is 5.75 Å². The minimum atomic E-state index is 0.188. The van der Waals surface area contributed by atoms with Gasteiger partial charge in [-0.2, -0.15) is 0 Å². The van der Waals surface area contributed by atoms with E-state index >= 15 is 0 Å². The van der Waals surface area contributed by atoms with Gasteiger partial charge in [-0.05, 0) is 62.6 Å². The molecule has 1 aromatic carbocycles. The van der Waals surface area contributed by atoms with Gasteiger partial charge in [0.15, 0.2) is 0 Å². The first-order valence-corrected chi connectivity index (χ1v) is 8.09. The summed E-state index contributed by atoms with van der Waals surface area (Å²) in [5.74, 6) is 1.88. The summed E-state index contributed by atoms with van der Waals surface area (Å²) in [5.41, 5.74) is 10.3. The van der Waals surface area contributed by atoms with E-state index in [0.29, 0.717) is 0 Å². The van der Waals surface area contributed by atoms with Crippen LogP contribution >= 0.6 is 0 Å². The van der Waals surface area contributed by atoms with E-state index in [1.54, 1.807) is 0 Å². The monoisotopic (exact) mass is 273 g/mol. The van der Waals surface area contributed by atoms with E-state index < -0.39 is 0 Å². The molecule has 2 fully saturated rings. The first-order chi connectivity index (χ1) is 9.64. The summed E-state index contributed by atoms with van der Waals surface area (Å²) in [4.78, 5) is 0. The number of hydrogen-bond acceptors (Lipinski definition) is 2. The van der Waals surface area contributed by atoms with Crippen LogP contribution in [0.4, 0.5) is 0 Å². The van der Waals surface area contributed by atoms with E-state index in [0.717, 1.165) is 24.8 Å². The zero-order valence-electron chi connectivity index (χ0n) is 12.9. The van der Waals surface area contributed by atoms with Crippen LogP contribution < -0.4 is 10.5 Å². The smallest absolute Gasteiger partial charge is 0.123 e. The summed E-state index contributed by atoms with van der Waals surface area (Å²) in [7, 11) is 0. The van der Waals surface area contributed by atoms with Crippen molar-refractivity contribution in [2.75, 3.05) is 13.2 Å². The molecule has 0 aliphatic heterocycles. The molecule has 0 unspecified atom stereocenters. The molecule has 0 atom stereocenters. The molecular formula is C18H27NO. The molecule has 2 nitrogen and oxygen atoms in total. The van der Waals surface area contributed by atoms with Crippen LogP contribution in [0.1, 0.15) is 55.2 Å². The van der Waals surface area contributed by atoms with Crippen LogP contribution in [0, 0.1) is 19.8 Å². The van der Waals surface area contributed by atoms with Gasteiger partial charge in [0.2, 0.25) is 0 Å². The Bertz CT molecular complexity index is 481. The molecule has 110 valence electrons. The third kappa shape index (κ3) is 2.35. The van der Waals surface area contributed by atoms with Crippen molar-refractivity contribution in [2.45, 2.75) is 57.8 Å². The molecular weight excluding hydrogens is 246 g/mol. The Labute approximate surface area is 122 Å². The van der Waals surface area contributed by atoms with Gasteiger partial charge in [-0.15, -0.1) is 0 Å². The Morgan fingerprint density at radius 3 is 2.35 bits per heavy atom. The number of aryl methyl sites for hydroxylation is 2. The number of nitrogens with two attached hydrogens (primary N) is 1. The number of hydrogen-bond donors (Lipinski definition) is 1. The van der Waals surface area contributed by atoms with E-state index in [1.807, 2.05) is 0 Å². The molecule has 0 aromatic heterocycles. The molecule has 3 rings (SSSR count). The first kappa shape index (κ1) is 13.9. The Morgan fingerprint density at radius 1 is 1.15 bits per heavy atom. The number of ether oxygens (including phenoxy) is 1. The van der Waals surface area contributed by atoms with Crippen molar-refractivity contribution in [3.63, 3.8) is 0 Å². The van der Waals surface area contributed by atoms with Gasteiger partial charge in [0.05, 0.1) is 6.61 Å². The second-order valence-electron chi connectivity index (χ2n) is 6.88. The maximum Gasteiger partial charge on any atom is 0.123 e. The Kier molecular flexibility index (Phi) is 3.76. The van der Waals surface area contributed by atoms with E-state index in [9.17, 15) is 0 Å².